The number of amides is 1. The highest BCUT2D eigenvalue weighted by atomic mass is 32.1. The van der Waals surface area contributed by atoms with Gasteiger partial charge in [-0.2, -0.15) is 0 Å². The van der Waals surface area contributed by atoms with Crippen LogP contribution in [0.3, 0.4) is 0 Å². The lowest BCUT2D eigenvalue weighted by Crippen LogP contribution is -2.38. The summed E-state index contributed by atoms with van der Waals surface area (Å²) in [6.45, 7) is 8.07. The lowest BCUT2D eigenvalue weighted by molar-refractivity contribution is 0.0954. The van der Waals surface area contributed by atoms with E-state index in [-0.39, 0.29) is 5.91 Å². The first kappa shape index (κ1) is 14.5. The number of fused-ring (bicyclic) bond motifs is 1. The van der Waals surface area contributed by atoms with E-state index in [1.807, 2.05) is 0 Å². The molecule has 0 aliphatic heterocycles. The van der Waals surface area contributed by atoms with E-state index in [4.69, 9.17) is 0 Å². The smallest absolute Gasteiger partial charge is 0.261 e. The number of likely N-dealkylation sites (N-methyl/N-ethyl adjacent to an activating group) is 1. The van der Waals surface area contributed by atoms with Crippen LogP contribution < -0.4 is 10.6 Å². The molecule has 19 heavy (non-hydrogen) atoms. The van der Waals surface area contributed by atoms with Gasteiger partial charge in [-0.15, -0.1) is 11.3 Å². The fraction of sp³-hybridized carbons (Fsp3) is 0.667. The molecule has 1 aliphatic rings. The van der Waals surface area contributed by atoms with Crippen LogP contribution in [0.15, 0.2) is 6.07 Å². The fourth-order valence-electron chi connectivity index (χ4n) is 2.57. The minimum Gasteiger partial charge on any atom is -0.350 e. The van der Waals surface area contributed by atoms with Crippen molar-refractivity contribution in [2.45, 2.75) is 46.1 Å². The van der Waals surface area contributed by atoms with Gasteiger partial charge in [0.2, 0.25) is 0 Å². The normalized spacial score (nSPS) is 19.8. The lowest BCUT2D eigenvalue weighted by atomic mass is 9.90. The summed E-state index contributed by atoms with van der Waals surface area (Å²) in [5.74, 6) is 0.837. The molecule has 0 saturated carbocycles. The Morgan fingerprint density at radius 2 is 2.37 bits per heavy atom. The van der Waals surface area contributed by atoms with Crippen molar-refractivity contribution in [1.82, 2.24) is 10.6 Å². The third-order valence-electron chi connectivity index (χ3n) is 3.67. The van der Waals surface area contributed by atoms with Gasteiger partial charge in [0.1, 0.15) is 0 Å². The predicted octanol–water partition coefficient (Wildman–Crippen LogP) is 2.60. The third kappa shape index (κ3) is 3.80. The molecule has 2 N–H and O–H groups in total. The van der Waals surface area contributed by atoms with Crippen molar-refractivity contribution in [3.63, 3.8) is 0 Å². The van der Waals surface area contributed by atoms with Gasteiger partial charge in [-0.25, -0.2) is 0 Å². The quantitative estimate of drug-likeness (QED) is 0.870. The number of nitrogens with one attached hydrogen (secondary N) is 2. The zero-order chi connectivity index (χ0) is 13.8. The molecule has 0 radical (unpaired) electrons. The maximum atomic E-state index is 12.1. The fourth-order valence-corrected chi connectivity index (χ4v) is 3.70. The Labute approximate surface area is 119 Å². The second-order valence-electron chi connectivity index (χ2n) is 5.58. The summed E-state index contributed by atoms with van der Waals surface area (Å²) in [5.41, 5.74) is 1.40. The zero-order valence-corrected chi connectivity index (χ0v) is 12.9. The highest BCUT2D eigenvalue weighted by molar-refractivity contribution is 7.14. The van der Waals surface area contributed by atoms with Crippen molar-refractivity contribution in [2.75, 3.05) is 13.1 Å². The summed E-state index contributed by atoms with van der Waals surface area (Å²) < 4.78 is 0. The number of hydrogen-bond acceptors (Lipinski definition) is 3. The second-order valence-corrected chi connectivity index (χ2v) is 6.71. The molecular weight excluding hydrogens is 256 g/mol. The Kier molecular flexibility index (Phi) is 4.99. The summed E-state index contributed by atoms with van der Waals surface area (Å²) >= 11 is 1.68. The molecule has 3 nitrogen and oxygen atoms in total. The molecule has 1 aromatic rings. The van der Waals surface area contributed by atoms with Crippen LogP contribution in [-0.2, 0) is 12.8 Å². The van der Waals surface area contributed by atoms with Gasteiger partial charge in [-0.05, 0) is 50.3 Å². The Morgan fingerprint density at radius 3 is 3.11 bits per heavy atom. The van der Waals surface area contributed by atoms with E-state index >= 15 is 0 Å². The van der Waals surface area contributed by atoms with Crippen molar-refractivity contribution < 1.29 is 4.79 Å². The van der Waals surface area contributed by atoms with Gasteiger partial charge in [-0.3, -0.25) is 4.79 Å². The van der Waals surface area contributed by atoms with Crippen molar-refractivity contribution in [3.8, 4) is 0 Å². The predicted molar refractivity (Wildman–Crippen MR) is 81.0 cm³/mol. The molecule has 1 amide bonds. The topological polar surface area (TPSA) is 41.1 Å². The van der Waals surface area contributed by atoms with Gasteiger partial charge in [0, 0.05) is 17.5 Å². The lowest BCUT2D eigenvalue weighted by Gasteiger charge is -2.16. The standard InChI is InChI=1S/C15H24N2OS/c1-4-16-11(3)9-17-15(18)14-8-12-7-10(2)5-6-13(12)19-14/h8,10-11,16H,4-7,9H2,1-3H3,(H,17,18)/t10?,11-/m1/s1. The second kappa shape index (κ2) is 6.53. The third-order valence-corrected chi connectivity index (χ3v) is 4.91. The maximum absolute atomic E-state index is 12.1. The molecule has 1 unspecified atom stereocenters. The Balaban J connectivity index is 1.93. The van der Waals surface area contributed by atoms with Crippen molar-refractivity contribution in [2.24, 2.45) is 5.92 Å². The number of carbonyl (C=O) groups excluding carboxylic acids is 1. The molecule has 0 bridgehead atoms. The number of aryl methyl sites for hydroxylation is 1. The van der Waals surface area contributed by atoms with Crippen LogP contribution in [0.2, 0.25) is 0 Å². The molecule has 106 valence electrons. The molecule has 0 fully saturated rings. The largest absolute Gasteiger partial charge is 0.350 e. The number of thiophene rings is 1. The van der Waals surface area contributed by atoms with Gasteiger partial charge in [0.25, 0.3) is 5.91 Å². The van der Waals surface area contributed by atoms with E-state index in [0.29, 0.717) is 12.6 Å². The summed E-state index contributed by atoms with van der Waals surface area (Å²) in [6, 6.07) is 2.42. The number of carbonyl (C=O) groups is 1. The summed E-state index contributed by atoms with van der Waals surface area (Å²) in [5, 5.41) is 6.31. The van der Waals surface area contributed by atoms with E-state index in [1.54, 1.807) is 11.3 Å². The molecule has 0 spiro atoms. The molecule has 2 atom stereocenters. The maximum Gasteiger partial charge on any atom is 0.261 e. The summed E-state index contributed by atoms with van der Waals surface area (Å²) in [4.78, 5) is 14.4. The van der Waals surface area contributed by atoms with Crippen molar-refractivity contribution in [3.05, 3.63) is 21.4 Å². The van der Waals surface area contributed by atoms with Gasteiger partial charge >= 0.3 is 0 Å². The van der Waals surface area contributed by atoms with Crippen LogP contribution >= 0.6 is 11.3 Å². The Morgan fingerprint density at radius 1 is 1.58 bits per heavy atom. The highest BCUT2D eigenvalue weighted by Crippen LogP contribution is 2.32. The first-order chi connectivity index (χ1) is 9.10. The molecule has 2 rings (SSSR count). The van der Waals surface area contributed by atoms with Crippen LogP contribution in [0.1, 0.15) is 47.3 Å². The average Bonchev–Trinajstić information content (AvgIpc) is 2.79. The highest BCUT2D eigenvalue weighted by Gasteiger charge is 2.20. The molecule has 0 aromatic carbocycles. The molecule has 1 aromatic heterocycles. The van der Waals surface area contributed by atoms with Crippen LogP contribution in [-0.4, -0.2) is 25.0 Å². The van der Waals surface area contributed by atoms with E-state index < -0.39 is 0 Å². The molecular formula is C15H24N2OS. The van der Waals surface area contributed by atoms with E-state index in [1.165, 1.54) is 16.9 Å². The van der Waals surface area contributed by atoms with E-state index in [2.05, 4.69) is 37.5 Å². The SMILES string of the molecule is CCN[C@H](C)CNC(=O)c1cc2c(s1)CCC(C)C2. The first-order valence-corrected chi connectivity index (χ1v) is 8.05. The molecule has 0 saturated heterocycles. The van der Waals surface area contributed by atoms with Crippen LogP contribution in [0, 0.1) is 5.92 Å². The van der Waals surface area contributed by atoms with Gasteiger partial charge in [-0.1, -0.05) is 13.8 Å². The van der Waals surface area contributed by atoms with Crippen molar-refractivity contribution in [1.29, 1.82) is 0 Å². The monoisotopic (exact) mass is 280 g/mol. The zero-order valence-electron chi connectivity index (χ0n) is 12.1. The van der Waals surface area contributed by atoms with Crippen LogP contribution in [0.25, 0.3) is 0 Å². The molecule has 4 heteroatoms. The van der Waals surface area contributed by atoms with Crippen LogP contribution in [0.4, 0.5) is 0 Å². The van der Waals surface area contributed by atoms with Gasteiger partial charge in [0.15, 0.2) is 0 Å². The van der Waals surface area contributed by atoms with E-state index in [9.17, 15) is 4.79 Å². The number of hydrogen-bond donors (Lipinski definition) is 2. The van der Waals surface area contributed by atoms with Crippen LogP contribution in [0.5, 0.6) is 0 Å². The summed E-state index contributed by atoms with van der Waals surface area (Å²) in [6.07, 6.45) is 3.53. The Hall–Kier alpha value is -0.870. The van der Waals surface area contributed by atoms with Gasteiger partial charge < -0.3 is 10.6 Å². The summed E-state index contributed by atoms with van der Waals surface area (Å²) in [7, 11) is 0. The van der Waals surface area contributed by atoms with E-state index in [0.717, 1.165) is 30.2 Å². The Bertz CT molecular complexity index is 441. The first-order valence-electron chi connectivity index (χ1n) is 7.23. The van der Waals surface area contributed by atoms with Crippen molar-refractivity contribution >= 4 is 17.2 Å². The van der Waals surface area contributed by atoms with Gasteiger partial charge in [0.05, 0.1) is 4.88 Å². The average molecular weight is 280 g/mol. The number of rotatable bonds is 5. The minimum atomic E-state index is 0.0804. The minimum absolute atomic E-state index is 0.0804. The molecule has 1 aliphatic carbocycles. The molecule has 1 heterocycles.